The average Bonchev–Trinajstić information content (AvgIpc) is 3.03. The molecule has 4 rings (SSSR count). The lowest BCUT2D eigenvalue weighted by molar-refractivity contribution is 0.691. The molecule has 2 heterocycles. The lowest BCUT2D eigenvalue weighted by Crippen LogP contribution is -2.32. The normalized spacial score (nSPS) is 16.9. The van der Waals surface area contributed by atoms with Crippen molar-refractivity contribution in [3.8, 4) is 11.1 Å². The van der Waals surface area contributed by atoms with Crippen LogP contribution in [0, 0.1) is 0 Å². The van der Waals surface area contributed by atoms with Gasteiger partial charge >= 0.3 is 0 Å². The van der Waals surface area contributed by atoms with Crippen LogP contribution in [0.25, 0.3) is 11.1 Å². The molecule has 0 bridgehead atoms. The van der Waals surface area contributed by atoms with Crippen LogP contribution in [-0.2, 0) is 6.54 Å². The van der Waals surface area contributed by atoms with E-state index in [2.05, 4.69) is 75.6 Å². The van der Waals surface area contributed by atoms with Crippen LogP contribution in [-0.4, -0.2) is 26.3 Å². The fourth-order valence-corrected chi connectivity index (χ4v) is 3.26. The van der Waals surface area contributed by atoms with E-state index in [-0.39, 0.29) is 0 Å². The summed E-state index contributed by atoms with van der Waals surface area (Å²) in [4.78, 5) is 2.45. The molecule has 0 aliphatic carbocycles. The predicted octanol–water partition coefficient (Wildman–Crippen LogP) is 2.25. The molecule has 0 saturated heterocycles. The average molecular weight is 306 g/mol. The van der Waals surface area contributed by atoms with E-state index in [1.807, 2.05) is 0 Å². The van der Waals surface area contributed by atoms with E-state index in [9.17, 15) is 0 Å². The second-order valence-corrected chi connectivity index (χ2v) is 6.04. The molecular weight excluding hydrogens is 284 g/mol. The van der Waals surface area contributed by atoms with E-state index in [1.165, 1.54) is 28.1 Å². The van der Waals surface area contributed by atoms with Gasteiger partial charge < -0.3 is 20.9 Å². The molecule has 118 valence electrons. The zero-order valence-electron chi connectivity index (χ0n) is 13.2. The molecule has 23 heavy (non-hydrogen) atoms. The van der Waals surface area contributed by atoms with Crippen molar-refractivity contribution in [2.24, 2.45) is 0 Å². The van der Waals surface area contributed by atoms with Crippen molar-refractivity contribution in [3.05, 3.63) is 66.0 Å². The highest BCUT2D eigenvalue weighted by Crippen LogP contribution is 2.29. The minimum Gasteiger partial charge on any atom is -0.372 e. The highest BCUT2D eigenvalue weighted by atomic mass is 15.2. The van der Waals surface area contributed by atoms with Gasteiger partial charge in [0.05, 0.1) is 13.2 Å². The highest BCUT2D eigenvalue weighted by Gasteiger charge is 2.17. The van der Waals surface area contributed by atoms with E-state index >= 15 is 0 Å². The third kappa shape index (κ3) is 3.03. The molecule has 0 amide bonds. The second-order valence-electron chi connectivity index (χ2n) is 6.04. The minimum absolute atomic E-state index is 0.835. The van der Waals surface area contributed by atoms with Crippen LogP contribution >= 0.6 is 0 Å². The summed E-state index contributed by atoms with van der Waals surface area (Å²) >= 11 is 0. The molecular formula is C19H22N4. The van der Waals surface area contributed by atoms with Gasteiger partial charge in [0, 0.05) is 37.2 Å². The van der Waals surface area contributed by atoms with E-state index in [0.717, 1.165) is 32.8 Å². The van der Waals surface area contributed by atoms with Crippen LogP contribution in [0.1, 0.15) is 5.56 Å². The summed E-state index contributed by atoms with van der Waals surface area (Å²) in [6.45, 7) is 4.72. The first kappa shape index (κ1) is 14.2. The largest absolute Gasteiger partial charge is 0.372 e. The predicted molar refractivity (Wildman–Crippen MR) is 95.0 cm³/mol. The van der Waals surface area contributed by atoms with Crippen LogP contribution < -0.4 is 20.9 Å². The molecule has 0 spiro atoms. The zero-order chi connectivity index (χ0) is 15.5. The molecule has 3 N–H and O–H groups in total. The highest BCUT2D eigenvalue weighted by molar-refractivity contribution is 5.69. The van der Waals surface area contributed by atoms with Crippen LogP contribution in [0.15, 0.2) is 60.4 Å². The van der Waals surface area contributed by atoms with Gasteiger partial charge in [-0.05, 0) is 28.8 Å². The van der Waals surface area contributed by atoms with Crippen molar-refractivity contribution >= 4 is 5.69 Å². The lowest BCUT2D eigenvalue weighted by atomic mass is 10.0. The summed E-state index contributed by atoms with van der Waals surface area (Å²) in [6.07, 6.45) is 2.08. The SMILES string of the molecule is C1=C(CN2CCNCc3cc(-c4ccccc4)ccc32)NCN1. The Morgan fingerprint density at radius 2 is 1.91 bits per heavy atom. The van der Waals surface area contributed by atoms with E-state index in [1.54, 1.807) is 0 Å². The maximum Gasteiger partial charge on any atom is 0.0843 e. The molecule has 0 unspecified atom stereocenters. The molecule has 4 heteroatoms. The number of rotatable bonds is 3. The van der Waals surface area contributed by atoms with Gasteiger partial charge in [-0.25, -0.2) is 0 Å². The smallest absolute Gasteiger partial charge is 0.0843 e. The van der Waals surface area contributed by atoms with Gasteiger partial charge in [-0.1, -0.05) is 36.4 Å². The van der Waals surface area contributed by atoms with E-state index in [4.69, 9.17) is 0 Å². The molecule has 0 radical (unpaired) electrons. The molecule has 0 saturated carbocycles. The number of anilines is 1. The molecule has 2 aliphatic heterocycles. The Kier molecular flexibility index (Phi) is 3.90. The summed E-state index contributed by atoms with van der Waals surface area (Å²) in [7, 11) is 0. The summed E-state index contributed by atoms with van der Waals surface area (Å²) in [5.41, 5.74) is 6.52. The third-order valence-corrected chi connectivity index (χ3v) is 4.46. The standard InChI is InChI=1S/C19H22N4/c1-2-4-15(5-3-1)16-6-7-19-17(10-16)11-20-8-9-23(19)13-18-12-21-14-22-18/h1-7,10,12,20-22H,8-9,11,13-14H2. The van der Waals surface area contributed by atoms with E-state index < -0.39 is 0 Å². The molecule has 2 aliphatic rings. The molecule has 0 aromatic heterocycles. The summed E-state index contributed by atoms with van der Waals surface area (Å²) < 4.78 is 0. The van der Waals surface area contributed by atoms with Gasteiger partial charge in [-0.15, -0.1) is 0 Å². The number of hydrogen-bond donors (Lipinski definition) is 3. The van der Waals surface area contributed by atoms with Crippen molar-refractivity contribution in [1.82, 2.24) is 16.0 Å². The Labute approximate surface area is 137 Å². The topological polar surface area (TPSA) is 39.3 Å². The van der Waals surface area contributed by atoms with Gasteiger partial charge in [0.25, 0.3) is 0 Å². The molecule has 4 nitrogen and oxygen atoms in total. The first-order valence-electron chi connectivity index (χ1n) is 8.20. The Bertz CT molecular complexity index is 709. The quantitative estimate of drug-likeness (QED) is 0.813. The fraction of sp³-hybridized carbons (Fsp3) is 0.263. The van der Waals surface area contributed by atoms with Crippen LogP contribution in [0.2, 0.25) is 0 Å². The van der Waals surface area contributed by atoms with Gasteiger partial charge in [0.15, 0.2) is 0 Å². The maximum absolute atomic E-state index is 3.54. The minimum atomic E-state index is 0.835. The second kappa shape index (κ2) is 6.34. The van der Waals surface area contributed by atoms with Gasteiger partial charge in [-0.3, -0.25) is 0 Å². The number of nitrogens with one attached hydrogen (secondary N) is 3. The van der Waals surface area contributed by atoms with Crippen molar-refractivity contribution in [3.63, 3.8) is 0 Å². The number of hydrogen-bond acceptors (Lipinski definition) is 4. The summed E-state index contributed by atoms with van der Waals surface area (Å²) in [6, 6.07) is 17.4. The molecule has 2 aromatic rings. The lowest BCUT2D eigenvalue weighted by Gasteiger charge is -2.25. The monoisotopic (exact) mass is 306 g/mol. The summed E-state index contributed by atoms with van der Waals surface area (Å²) in [5, 5.41) is 10.1. The van der Waals surface area contributed by atoms with Crippen LogP contribution in [0.5, 0.6) is 0 Å². The van der Waals surface area contributed by atoms with Crippen LogP contribution in [0.4, 0.5) is 5.69 Å². The first-order valence-corrected chi connectivity index (χ1v) is 8.20. The van der Waals surface area contributed by atoms with Crippen molar-refractivity contribution < 1.29 is 0 Å². The van der Waals surface area contributed by atoms with E-state index in [0.29, 0.717) is 0 Å². The number of nitrogens with zero attached hydrogens (tertiary/aromatic N) is 1. The Morgan fingerprint density at radius 1 is 1.00 bits per heavy atom. The maximum atomic E-state index is 3.54. The number of fused-ring (bicyclic) bond motifs is 1. The molecule has 0 atom stereocenters. The Balaban J connectivity index is 1.65. The number of benzene rings is 2. The van der Waals surface area contributed by atoms with Crippen molar-refractivity contribution in [2.45, 2.75) is 6.54 Å². The third-order valence-electron chi connectivity index (χ3n) is 4.46. The van der Waals surface area contributed by atoms with Gasteiger partial charge in [-0.2, -0.15) is 0 Å². The Morgan fingerprint density at radius 3 is 2.74 bits per heavy atom. The fourth-order valence-electron chi connectivity index (χ4n) is 3.26. The van der Waals surface area contributed by atoms with Crippen LogP contribution in [0.3, 0.4) is 0 Å². The van der Waals surface area contributed by atoms with Gasteiger partial charge in [0.2, 0.25) is 0 Å². The van der Waals surface area contributed by atoms with Crippen molar-refractivity contribution in [1.29, 1.82) is 0 Å². The zero-order valence-corrected chi connectivity index (χ0v) is 13.2. The molecule has 2 aromatic carbocycles. The van der Waals surface area contributed by atoms with Crippen molar-refractivity contribution in [2.75, 3.05) is 31.2 Å². The van der Waals surface area contributed by atoms with Gasteiger partial charge in [0.1, 0.15) is 0 Å². The molecule has 0 fully saturated rings. The first-order chi connectivity index (χ1) is 11.4. The summed E-state index contributed by atoms with van der Waals surface area (Å²) in [5.74, 6) is 0. The Hall–Kier alpha value is -2.46.